The van der Waals surface area contributed by atoms with Crippen LogP contribution in [0, 0.1) is 5.41 Å². The number of hydrogen-bond donors (Lipinski definition) is 3. The van der Waals surface area contributed by atoms with Crippen LogP contribution in [0.15, 0.2) is 24.3 Å². The topological polar surface area (TPSA) is 92.4 Å². The Morgan fingerprint density at radius 2 is 2.08 bits per heavy atom. The molecule has 1 aliphatic rings. The molecule has 2 amide bonds. The van der Waals surface area contributed by atoms with Crippen LogP contribution in [-0.2, 0) is 11.2 Å². The zero-order chi connectivity index (χ0) is 18.4. The van der Waals surface area contributed by atoms with Crippen molar-refractivity contribution in [1.82, 2.24) is 5.32 Å². The van der Waals surface area contributed by atoms with Crippen LogP contribution in [0.3, 0.4) is 0 Å². The van der Waals surface area contributed by atoms with Crippen molar-refractivity contribution in [3.8, 4) is 0 Å². The maximum atomic E-state index is 12.0. The van der Waals surface area contributed by atoms with E-state index >= 15 is 0 Å². The molecule has 0 atom stereocenters. The molecule has 0 fully saturated rings. The summed E-state index contributed by atoms with van der Waals surface area (Å²) in [6.45, 7) is 4.99. The van der Waals surface area contributed by atoms with Crippen molar-refractivity contribution in [3.05, 3.63) is 41.0 Å². The molecule has 1 aliphatic carbocycles. The molecule has 0 saturated heterocycles. The molecule has 1 aromatic rings. The molecule has 0 bridgehead atoms. The van der Waals surface area contributed by atoms with E-state index in [-0.39, 0.29) is 24.3 Å². The molecule has 0 aromatic heterocycles. The fourth-order valence-corrected chi connectivity index (χ4v) is 3.06. The lowest BCUT2D eigenvalue weighted by molar-refractivity contribution is -0.120. The monoisotopic (exact) mass is 344 g/mol. The van der Waals surface area contributed by atoms with Crippen LogP contribution in [0.1, 0.15) is 61.0 Å². The van der Waals surface area contributed by atoms with E-state index in [0.717, 1.165) is 36.0 Å². The Morgan fingerprint density at radius 1 is 1.32 bits per heavy atom. The van der Waals surface area contributed by atoms with Gasteiger partial charge in [-0.05, 0) is 53.9 Å². The molecule has 0 aliphatic heterocycles. The fourth-order valence-electron chi connectivity index (χ4n) is 3.06. The first-order chi connectivity index (χ1) is 11.8. The second kappa shape index (κ2) is 8.30. The van der Waals surface area contributed by atoms with Crippen LogP contribution in [0.4, 0.5) is 0 Å². The van der Waals surface area contributed by atoms with Crippen molar-refractivity contribution >= 4 is 17.4 Å². The Morgan fingerprint density at radius 3 is 2.68 bits per heavy atom. The lowest BCUT2D eigenvalue weighted by atomic mass is 9.76. The summed E-state index contributed by atoms with van der Waals surface area (Å²) >= 11 is 0. The van der Waals surface area contributed by atoms with E-state index in [0.29, 0.717) is 18.5 Å². The molecule has 1 aromatic carbocycles. The molecule has 2 rings (SSSR count). The number of amides is 2. The van der Waals surface area contributed by atoms with Gasteiger partial charge in [0.25, 0.3) is 0 Å². The summed E-state index contributed by atoms with van der Waals surface area (Å²) in [5, 5.41) is 11.5. The van der Waals surface area contributed by atoms with Gasteiger partial charge in [-0.3, -0.25) is 9.59 Å². The normalized spacial score (nSPS) is 16.2. The number of aliphatic hydroxyl groups excluding tert-OH is 1. The van der Waals surface area contributed by atoms with Crippen molar-refractivity contribution in [2.75, 3.05) is 13.2 Å². The Labute approximate surface area is 149 Å². The van der Waals surface area contributed by atoms with Gasteiger partial charge in [0.15, 0.2) is 0 Å². The third-order valence-electron chi connectivity index (χ3n) is 4.69. The molecular weight excluding hydrogens is 316 g/mol. The van der Waals surface area contributed by atoms with Crippen LogP contribution in [-0.4, -0.2) is 30.1 Å². The molecule has 4 N–H and O–H groups in total. The van der Waals surface area contributed by atoms with Gasteiger partial charge in [0.1, 0.15) is 0 Å². The maximum absolute atomic E-state index is 12.0. The van der Waals surface area contributed by atoms with Gasteiger partial charge in [-0.1, -0.05) is 32.1 Å². The molecule has 0 heterocycles. The predicted octanol–water partition coefficient (Wildman–Crippen LogP) is 2.42. The van der Waals surface area contributed by atoms with E-state index in [2.05, 4.69) is 25.2 Å². The number of aliphatic hydroxyl groups is 1. The van der Waals surface area contributed by atoms with Crippen molar-refractivity contribution in [1.29, 1.82) is 0 Å². The van der Waals surface area contributed by atoms with E-state index in [4.69, 9.17) is 10.8 Å². The highest BCUT2D eigenvalue weighted by molar-refractivity contribution is 5.98. The lowest BCUT2D eigenvalue weighted by Gasteiger charge is -2.29. The van der Waals surface area contributed by atoms with E-state index in [1.807, 2.05) is 6.07 Å². The summed E-state index contributed by atoms with van der Waals surface area (Å²) < 4.78 is 0. The summed E-state index contributed by atoms with van der Waals surface area (Å²) in [7, 11) is 0. The molecular formula is C20H28N2O3. The predicted molar refractivity (Wildman–Crippen MR) is 99.0 cm³/mol. The number of allylic oxidation sites excluding steroid dienone is 2. The minimum Gasteiger partial charge on any atom is -0.396 e. The number of nitrogens with one attached hydrogen (secondary N) is 1. The van der Waals surface area contributed by atoms with E-state index < -0.39 is 5.91 Å². The smallest absolute Gasteiger partial charge is 0.249 e. The number of rotatable bonds is 7. The summed E-state index contributed by atoms with van der Waals surface area (Å²) in [5.41, 5.74) is 9.17. The van der Waals surface area contributed by atoms with Gasteiger partial charge in [-0.15, -0.1) is 0 Å². The van der Waals surface area contributed by atoms with Crippen LogP contribution in [0.25, 0.3) is 5.57 Å². The van der Waals surface area contributed by atoms with Crippen LogP contribution >= 0.6 is 0 Å². The van der Waals surface area contributed by atoms with Crippen molar-refractivity contribution < 1.29 is 14.7 Å². The first kappa shape index (κ1) is 19.2. The Bertz CT molecular complexity index is 678. The van der Waals surface area contributed by atoms with Crippen LogP contribution in [0.2, 0.25) is 0 Å². The SMILES string of the molecule is CC1(C)CC=C(c2cc(CC(=O)NCCCO)ccc2C(N)=O)CC1. The van der Waals surface area contributed by atoms with Crippen molar-refractivity contribution in [3.63, 3.8) is 0 Å². The van der Waals surface area contributed by atoms with E-state index in [9.17, 15) is 9.59 Å². The first-order valence-electron chi connectivity index (χ1n) is 8.82. The van der Waals surface area contributed by atoms with Gasteiger partial charge >= 0.3 is 0 Å². The largest absolute Gasteiger partial charge is 0.396 e. The molecule has 5 nitrogen and oxygen atoms in total. The number of carbonyl (C=O) groups is 2. The molecule has 136 valence electrons. The maximum Gasteiger partial charge on any atom is 0.249 e. The lowest BCUT2D eigenvalue weighted by Crippen LogP contribution is -2.26. The summed E-state index contributed by atoms with van der Waals surface area (Å²) in [6.07, 6.45) is 5.90. The molecule has 5 heteroatoms. The molecule has 0 spiro atoms. The quantitative estimate of drug-likeness (QED) is 0.663. The first-order valence-corrected chi connectivity index (χ1v) is 8.82. The van der Waals surface area contributed by atoms with E-state index in [1.54, 1.807) is 12.1 Å². The average molecular weight is 344 g/mol. The highest BCUT2D eigenvalue weighted by atomic mass is 16.3. The zero-order valence-corrected chi connectivity index (χ0v) is 15.1. The van der Waals surface area contributed by atoms with Gasteiger partial charge in [-0.25, -0.2) is 0 Å². The standard InChI is InChI=1S/C20H28N2O3/c1-20(2)8-6-15(7-9-20)17-12-14(4-5-16(17)19(21)25)13-18(24)22-10-3-11-23/h4-6,12,23H,3,7-11,13H2,1-2H3,(H2,21,25)(H,22,24). The number of benzene rings is 1. The average Bonchev–Trinajstić information content (AvgIpc) is 2.55. The molecule has 0 radical (unpaired) electrons. The fraction of sp³-hybridized carbons (Fsp3) is 0.500. The van der Waals surface area contributed by atoms with E-state index in [1.165, 1.54) is 0 Å². The Kier molecular flexibility index (Phi) is 6.37. The van der Waals surface area contributed by atoms with Gasteiger partial charge in [-0.2, -0.15) is 0 Å². The Hall–Kier alpha value is -2.14. The molecule has 25 heavy (non-hydrogen) atoms. The summed E-state index contributed by atoms with van der Waals surface area (Å²) in [5.74, 6) is -0.537. The summed E-state index contributed by atoms with van der Waals surface area (Å²) in [6, 6.07) is 5.41. The van der Waals surface area contributed by atoms with Crippen LogP contribution < -0.4 is 11.1 Å². The minimum absolute atomic E-state index is 0.0578. The Balaban J connectivity index is 2.21. The van der Waals surface area contributed by atoms with Crippen molar-refractivity contribution in [2.24, 2.45) is 11.1 Å². The van der Waals surface area contributed by atoms with Gasteiger partial charge in [0.2, 0.25) is 11.8 Å². The number of hydrogen-bond acceptors (Lipinski definition) is 3. The highest BCUT2D eigenvalue weighted by Gasteiger charge is 2.24. The molecule has 0 unspecified atom stereocenters. The molecule has 0 saturated carbocycles. The third-order valence-corrected chi connectivity index (χ3v) is 4.69. The van der Waals surface area contributed by atoms with Gasteiger partial charge < -0.3 is 16.2 Å². The number of primary amides is 1. The highest BCUT2D eigenvalue weighted by Crippen LogP contribution is 2.38. The number of nitrogens with two attached hydrogens (primary N) is 1. The second-order valence-corrected chi connectivity index (χ2v) is 7.45. The third kappa shape index (κ3) is 5.43. The van der Waals surface area contributed by atoms with Crippen LogP contribution in [0.5, 0.6) is 0 Å². The summed E-state index contributed by atoms with van der Waals surface area (Å²) in [4.78, 5) is 23.8. The van der Waals surface area contributed by atoms with Gasteiger partial charge in [0, 0.05) is 18.7 Å². The van der Waals surface area contributed by atoms with Gasteiger partial charge in [0.05, 0.1) is 6.42 Å². The van der Waals surface area contributed by atoms with Crippen molar-refractivity contribution in [2.45, 2.75) is 46.0 Å². The minimum atomic E-state index is -0.445. The number of carbonyl (C=O) groups excluding carboxylic acids is 2. The zero-order valence-electron chi connectivity index (χ0n) is 15.1. The second-order valence-electron chi connectivity index (χ2n) is 7.45.